The number of benzene rings is 1. The molecule has 4 rings (SSSR count). The van der Waals surface area contributed by atoms with Crippen LogP contribution in [0.4, 0.5) is 5.82 Å². The molecule has 0 radical (unpaired) electrons. The second-order valence-corrected chi connectivity index (χ2v) is 7.35. The fourth-order valence-corrected chi connectivity index (χ4v) is 4.22. The van der Waals surface area contributed by atoms with Crippen molar-refractivity contribution in [1.82, 2.24) is 19.6 Å². The number of rotatable bonds is 3. The predicted octanol–water partition coefficient (Wildman–Crippen LogP) is 2.39. The Hall–Kier alpha value is -3.07. The quantitative estimate of drug-likeness (QED) is 0.720. The summed E-state index contributed by atoms with van der Waals surface area (Å²) >= 11 is 1.53. The van der Waals surface area contributed by atoms with E-state index < -0.39 is 5.97 Å². The van der Waals surface area contributed by atoms with Crippen molar-refractivity contribution in [2.24, 2.45) is 7.05 Å². The van der Waals surface area contributed by atoms with Crippen molar-refractivity contribution in [2.45, 2.75) is 12.2 Å². The lowest BCUT2D eigenvalue weighted by Crippen LogP contribution is -2.15. The number of thioether (sulfide) groups is 1. The van der Waals surface area contributed by atoms with Crippen LogP contribution in [0.15, 0.2) is 36.7 Å². The molecule has 3 heterocycles. The average molecular weight is 383 g/mol. The van der Waals surface area contributed by atoms with Gasteiger partial charge in [-0.3, -0.25) is 9.48 Å². The van der Waals surface area contributed by atoms with E-state index in [1.165, 1.54) is 23.9 Å². The molecule has 1 aliphatic heterocycles. The van der Waals surface area contributed by atoms with Gasteiger partial charge in [-0.15, -0.1) is 11.8 Å². The highest BCUT2D eigenvalue weighted by molar-refractivity contribution is 8.00. The number of anilines is 1. The van der Waals surface area contributed by atoms with Crippen molar-refractivity contribution in [3.63, 3.8) is 0 Å². The van der Waals surface area contributed by atoms with Crippen LogP contribution < -0.4 is 5.32 Å². The van der Waals surface area contributed by atoms with Gasteiger partial charge in [0, 0.05) is 23.9 Å². The number of nitrogens with one attached hydrogen (secondary N) is 1. The first kappa shape index (κ1) is 17.3. The SMILES string of the molecule is Cc1c([C@H]2SCC(=O)Nc3c2cnn3-c2ccc(C(=O)O)cc2)cnn1C. The molecule has 138 valence electrons. The number of carbonyl (C=O) groups excluding carboxylic acids is 1. The first-order chi connectivity index (χ1) is 13.0. The summed E-state index contributed by atoms with van der Waals surface area (Å²) in [6, 6.07) is 6.38. The van der Waals surface area contributed by atoms with E-state index in [9.17, 15) is 9.59 Å². The van der Waals surface area contributed by atoms with E-state index in [2.05, 4.69) is 15.5 Å². The molecule has 1 amide bonds. The molecule has 1 aromatic carbocycles. The summed E-state index contributed by atoms with van der Waals surface area (Å²) < 4.78 is 3.44. The Kier molecular flexibility index (Phi) is 4.23. The third kappa shape index (κ3) is 2.99. The number of nitrogens with zero attached hydrogens (tertiary/aromatic N) is 4. The van der Waals surface area contributed by atoms with E-state index in [-0.39, 0.29) is 16.7 Å². The standard InChI is InChI=1S/C18H17N5O3S/c1-10-13(7-19-22(10)2)16-14-8-20-23(17(14)21-15(24)9-27-16)12-5-3-11(4-6-12)18(25)26/h3-8,16H,9H2,1-2H3,(H,21,24)(H,25,26)/t16-/m1/s1. The first-order valence-corrected chi connectivity index (χ1v) is 9.32. The van der Waals surface area contributed by atoms with Crippen molar-refractivity contribution in [3.05, 3.63) is 59.0 Å². The largest absolute Gasteiger partial charge is 0.478 e. The number of aryl methyl sites for hydroxylation is 1. The van der Waals surface area contributed by atoms with Crippen LogP contribution in [0, 0.1) is 6.92 Å². The van der Waals surface area contributed by atoms with E-state index in [4.69, 9.17) is 5.11 Å². The van der Waals surface area contributed by atoms with Crippen LogP contribution in [0.3, 0.4) is 0 Å². The van der Waals surface area contributed by atoms with E-state index in [1.54, 1.807) is 23.0 Å². The van der Waals surface area contributed by atoms with E-state index in [0.29, 0.717) is 17.3 Å². The Balaban J connectivity index is 1.80. The van der Waals surface area contributed by atoms with Gasteiger partial charge in [0.2, 0.25) is 5.91 Å². The van der Waals surface area contributed by atoms with Crippen LogP contribution in [0.25, 0.3) is 5.69 Å². The van der Waals surface area contributed by atoms with Gasteiger partial charge >= 0.3 is 5.97 Å². The minimum atomic E-state index is -0.988. The van der Waals surface area contributed by atoms with Crippen molar-refractivity contribution in [2.75, 3.05) is 11.1 Å². The van der Waals surface area contributed by atoms with E-state index in [0.717, 1.165) is 16.8 Å². The Morgan fingerprint density at radius 3 is 2.56 bits per heavy atom. The fraction of sp³-hybridized carbons (Fsp3) is 0.222. The average Bonchev–Trinajstić information content (AvgIpc) is 3.16. The van der Waals surface area contributed by atoms with Gasteiger partial charge in [-0.25, -0.2) is 9.48 Å². The highest BCUT2D eigenvalue weighted by atomic mass is 32.2. The number of fused-ring (bicyclic) bond motifs is 1. The van der Waals surface area contributed by atoms with Gasteiger partial charge in [0.15, 0.2) is 0 Å². The molecular weight excluding hydrogens is 366 g/mol. The summed E-state index contributed by atoms with van der Waals surface area (Å²) in [5, 5.41) is 20.7. The van der Waals surface area contributed by atoms with Crippen LogP contribution in [0.1, 0.15) is 32.4 Å². The molecule has 1 atom stereocenters. The summed E-state index contributed by atoms with van der Waals surface area (Å²) in [4.78, 5) is 23.3. The summed E-state index contributed by atoms with van der Waals surface area (Å²) in [6.07, 6.45) is 3.57. The van der Waals surface area contributed by atoms with Crippen LogP contribution in [0.5, 0.6) is 0 Å². The third-order valence-electron chi connectivity index (χ3n) is 4.63. The van der Waals surface area contributed by atoms with Crippen molar-refractivity contribution in [1.29, 1.82) is 0 Å². The molecule has 0 aliphatic carbocycles. The zero-order valence-electron chi connectivity index (χ0n) is 14.7. The number of hydrogen-bond donors (Lipinski definition) is 2. The second kappa shape index (κ2) is 6.58. The molecule has 0 saturated heterocycles. The summed E-state index contributed by atoms with van der Waals surface area (Å²) in [6.45, 7) is 2.00. The molecule has 8 nitrogen and oxygen atoms in total. The van der Waals surface area contributed by atoms with Crippen LogP contribution in [-0.2, 0) is 11.8 Å². The molecule has 0 unspecified atom stereocenters. The van der Waals surface area contributed by atoms with E-state index in [1.807, 2.05) is 24.9 Å². The normalized spacial score (nSPS) is 16.5. The molecule has 0 bridgehead atoms. The van der Waals surface area contributed by atoms with Gasteiger partial charge < -0.3 is 10.4 Å². The molecule has 3 aromatic rings. The lowest BCUT2D eigenvalue weighted by Gasteiger charge is -2.13. The lowest BCUT2D eigenvalue weighted by atomic mass is 10.1. The summed E-state index contributed by atoms with van der Waals surface area (Å²) in [5.74, 6) is -0.167. The van der Waals surface area contributed by atoms with Crippen LogP contribution in [0.2, 0.25) is 0 Å². The minimum absolute atomic E-state index is 0.0697. The number of carboxylic acid groups (broad SMARTS) is 1. The maximum Gasteiger partial charge on any atom is 0.335 e. The Labute approximate surface area is 159 Å². The molecule has 2 N–H and O–H groups in total. The van der Waals surface area contributed by atoms with Crippen molar-refractivity contribution in [3.8, 4) is 5.69 Å². The number of aromatic nitrogens is 4. The number of hydrogen-bond acceptors (Lipinski definition) is 5. The van der Waals surface area contributed by atoms with Gasteiger partial charge in [-0.2, -0.15) is 10.2 Å². The monoisotopic (exact) mass is 383 g/mol. The van der Waals surface area contributed by atoms with E-state index >= 15 is 0 Å². The smallest absolute Gasteiger partial charge is 0.335 e. The van der Waals surface area contributed by atoms with Gasteiger partial charge in [-0.05, 0) is 31.2 Å². The van der Waals surface area contributed by atoms with Gasteiger partial charge in [0.1, 0.15) is 5.82 Å². The number of amides is 1. The van der Waals surface area contributed by atoms with Crippen molar-refractivity contribution >= 4 is 29.5 Å². The van der Waals surface area contributed by atoms with Crippen LogP contribution >= 0.6 is 11.8 Å². The Morgan fingerprint density at radius 1 is 1.22 bits per heavy atom. The van der Waals surface area contributed by atoms with Gasteiger partial charge in [0.05, 0.1) is 34.6 Å². The minimum Gasteiger partial charge on any atom is -0.478 e. The topological polar surface area (TPSA) is 102 Å². The molecule has 0 spiro atoms. The highest BCUT2D eigenvalue weighted by Crippen LogP contribution is 2.42. The van der Waals surface area contributed by atoms with Gasteiger partial charge in [-0.1, -0.05) is 0 Å². The van der Waals surface area contributed by atoms with Gasteiger partial charge in [0.25, 0.3) is 0 Å². The number of aromatic carboxylic acids is 1. The maximum atomic E-state index is 12.3. The van der Waals surface area contributed by atoms with Crippen LogP contribution in [-0.4, -0.2) is 42.3 Å². The lowest BCUT2D eigenvalue weighted by molar-refractivity contribution is -0.113. The molecule has 2 aromatic heterocycles. The summed E-state index contributed by atoms with van der Waals surface area (Å²) in [7, 11) is 1.89. The highest BCUT2D eigenvalue weighted by Gasteiger charge is 2.30. The maximum absolute atomic E-state index is 12.3. The third-order valence-corrected chi connectivity index (χ3v) is 5.90. The van der Waals surface area contributed by atoms with Crippen molar-refractivity contribution < 1.29 is 14.7 Å². The molecule has 0 fully saturated rings. The zero-order chi connectivity index (χ0) is 19.1. The zero-order valence-corrected chi connectivity index (χ0v) is 15.5. The Bertz CT molecular complexity index is 1040. The molecule has 0 saturated carbocycles. The fourth-order valence-electron chi connectivity index (χ4n) is 3.07. The summed E-state index contributed by atoms with van der Waals surface area (Å²) in [5.41, 5.74) is 3.84. The number of carbonyl (C=O) groups is 2. The Morgan fingerprint density at radius 2 is 1.93 bits per heavy atom. The molecule has 9 heteroatoms. The number of carboxylic acids is 1. The molecule has 1 aliphatic rings. The predicted molar refractivity (Wildman–Crippen MR) is 101 cm³/mol. The second-order valence-electron chi connectivity index (χ2n) is 6.26. The first-order valence-electron chi connectivity index (χ1n) is 8.27. The molecular formula is C18H17N5O3S. The molecule has 27 heavy (non-hydrogen) atoms.